The molecule has 0 saturated heterocycles. The monoisotopic (exact) mass is 467 g/mol. The van der Waals surface area contributed by atoms with Gasteiger partial charge in [-0.15, -0.1) is 0 Å². The third-order valence-electron chi connectivity index (χ3n) is 5.85. The fourth-order valence-electron chi connectivity index (χ4n) is 3.94. The molecule has 6 heteroatoms. The fourth-order valence-corrected chi connectivity index (χ4v) is 3.94. The molecule has 1 aliphatic heterocycles. The Morgan fingerprint density at radius 3 is 2.29 bits per heavy atom. The van der Waals surface area contributed by atoms with E-state index in [0.717, 1.165) is 28.2 Å². The molecule has 1 atom stereocenters. The minimum atomic E-state index is -0.369. The Balaban J connectivity index is 1.34. The summed E-state index contributed by atoms with van der Waals surface area (Å²) in [7, 11) is 1.65. The summed E-state index contributed by atoms with van der Waals surface area (Å²) in [5, 5.41) is 0. The van der Waals surface area contributed by atoms with Crippen LogP contribution in [0.2, 0.25) is 0 Å². The van der Waals surface area contributed by atoms with Crippen molar-refractivity contribution in [1.29, 1.82) is 0 Å². The number of ether oxygens (including phenoxy) is 4. The summed E-state index contributed by atoms with van der Waals surface area (Å²) >= 11 is 0. The summed E-state index contributed by atoms with van der Waals surface area (Å²) in [5.41, 5.74) is 3.58. The normalized spacial score (nSPS) is 13.3. The van der Waals surface area contributed by atoms with Crippen molar-refractivity contribution in [3.63, 3.8) is 0 Å². The average molecular weight is 468 g/mol. The number of carbonyl (C=O) groups excluding carboxylic acids is 1. The second kappa shape index (κ2) is 10.3. The van der Waals surface area contributed by atoms with Gasteiger partial charge in [0.2, 0.25) is 0 Å². The molecule has 4 aromatic rings. The van der Waals surface area contributed by atoms with Gasteiger partial charge in [0.15, 0.2) is 5.78 Å². The van der Waals surface area contributed by atoms with Crippen molar-refractivity contribution in [2.24, 2.45) is 0 Å². The van der Waals surface area contributed by atoms with Crippen molar-refractivity contribution in [2.45, 2.75) is 19.1 Å². The van der Waals surface area contributed by atoms with E-state index in [1.165, 1.54) is 0 Å². The SMILES string of the molecule is COc1ccc(COc2ccc(C(Oc3ccc4c(c3)OCCC4=O)c3ccncc3)cc2)cc1. The van der Waals surface area contributed by atoms with Crippen LogP contribution in [0.3, 0.4) is 0 Å². The Bertz CT molecular complexity index is 1290. The first-order chi connectivity index (χ1) is 17.2. The number of carbonyl (C=O) groups is 1. The van der Waals surface area contributed by atoms with E-state index in [0.29, 0.717) is 36.7 Å². The largest absolute Gasteiger partial charge is 0.497 e. The highest BCUT2D eigenvalue weighted by Gasteiger charge is 2.21. The molecule has 6 nitrogen and oxygen atoms in total. The van der Waals surface area contributed by atoms with Gasteiger partial charge < -0.3 is 18.9 Å². The summed E-state index contributed by atoms with van der Waals surface area (Å²) in [5.74, 6) is 2.86. The Kier molecular flexibility index (Phi) is 6.61. The maximum absolute atomic E-state index is 12.1. The molecule has 0 aliphatic carbocycles. The Hall–Kier alpha value is -4.32. The van der Waals surface area contributed by atoms with Crippen LogP contribution in [0.15, 0.2) is 91.3 Å². The highest BCUT2D eigenvalue weighted by molar-refractivity contribution is 5.99. The molecule has 1 aromatic heterocycles. The van der Waals surface area contributed by atoms with E-state index in [1.54, 1.807) is 31.6 Å². The minimum absolute atomic E-state index is 0.0914. The van der Waals surface area contributed by atoms with Crippen molar-refractivity contribution < 1.29 is 23.7 Å². The number of pyridine rings is 1. The van der Waals surface area contributed by atoms with Gasteiger partial charge in [-0.1, -0.05) is 24.3 Å². The second-order valence-corrected chi connectivity index (χ2v) is 8.16. The number of methoxy groups -OCH3 is 1. The molecular formula is C29H25NO5. The van der Waals surface area contributed by atoms with Gasteiger partial charge in [0.05, 0.1) is 19.3 Å². The van der Waals surface area contributed by atoms with Crippen LogP contribution in [-0.2, 0) is 6.61 Å². The van der Waals surface area contributed by atoms with E-state index in [-0.39, 0.29) is 11.9 Å². The van der Waals surface area contributed by atoms with Crippen molar-refractivity contribution in [2.75, 3.05) is 13.7 Å². The lowest BCUT2D eigenvalue weighted by molar-refractivity contribution is 0.0933. The number of aromatic nitrogens is 1. The van der Waals surface area contributed by atoms with Crippen LogP contribution < -0.4 is 18.9 Å². The predicted octanol–water partition coefficient (Wildman–Crippen LogP) is 5.80. The molecule has 0 fully saturated rings. The lowest BCUT2D eigenvalue weighted by Gasteiger charge is -2.22. The molecule has 0 spiro atoms. The van der Waals surface area contributed by atoms with Gasteiger partial charge in [0.1, 0.15) is 35.7 Å². The van der Waals surface area contributed by atoms with Crippen LogP contribution in [-0.4, -0.2) is 24.5 Å². The first-order valence-electron chi connectivity index (χ1n) is 11.4. The van der Waals surface area contributed by atoms with Crippen LogP contribution >= 0.6 is 0 Å². The van der Waals surface area contributed by atoms with E-state index in [1.807, 2.05) is 66.7 Å². The van der Waals surface area contributed by atoms with Gasteiger partial charge >= 0.3 is 0 Å². The number of rotatable bonds is 8. The third kappa shape index (κ3) is 5.27. The summed E-state index contributed by atoms with van der Waals surface area (Å²) in [6.45, 7) is 0.850. The zero-order chi connectivity index (χ0) is 24.0. The molecule has 35 heavy (non-hydrogen) atoms. The van der Waals surface area contributed by atoms with Gasteiger partial charge in [-0.25, -0.2) is 0 Å². The first kappa shape index (κ1) is 22.5. The molecule has 0 amide bonds. The number of fused-ring (bicyclic) bond motifs is 1. The van der Waals surface area contributed by atoms with E-state index >= 15 is 0 Å². The molecule has 176 valence electrons. The van der Waals surface area contributed by atoms with Crippen LogP contribution in [0.1, 0.15) is 39.6 Å². The molecule has 1 aliphatic rings. The van der Waals surface area contributed by atoms with E-state index < -0.39 is 0 Å². The van der Waals surface area contributed by atoms with Crippen LogP contribution in [0, 0.1) is 0 Å². The van der Waals surface area contributed by atoms with Crippen molar-refractivity contribution in [1.82, 2.24) is 4.98 Å². The quantitative estimate of drug-likeness (QED) is 0.326. The van der Waals surface area contributed by atoms with Gasteiger partial charge in [0, 0.05) is 24.9 Å². The Morgan fingerprint density at radius 2 is 1.54 bits per heavy atom. The number of hydrogen-bond donors (Lipinski definition) is 0. The number of Topliss-reactive ketones (excluding diaryl/α,β-unsaturated/α-hetero) is 1. The third-order valence-corrected chi connectivity index (χ3v) is 5.85. The topological polar surface area (TPSA) is 66.9 Å². The lowest BCUT2D eigenvalue weighted by atomic mass is 10.0. The number of hydrogen-bond acceptors (Lipinski definition) is 6. The molecular weight excluding hydrogens is 442 g/mol. The molecule has 0 saturated carbocycles. The molecule has 5 rings (SSSR count). The van der Waals surface area contributed by atoms with E-state index in [9.17, 15) is 4.79 Å². The van der Waals surface area contributed by atoms with Crippen molar-refractivity contribution in [3.05, 3.63) is 114 Å². The van der Waals surface area contributed by atoms with Crippen molar-refractivity contribution >= 4 is 5.78 Å². The van der Waals surface area contributed by atoms with Gasteiger partial charge in [-0.2, -0.15) is 0 Å². The summed E-state index contributed by atoms with van der Waals surface area (Å²) in [4.78, 5) is 16.3. The molecule has 1 unspecified atom stereocenters. The highest BCUT2D eigenvalue weighted by atomic mass is 16.5. The maximum atomic E-state index is 12.1. The number of benzene rings is 3. The maximum Gasteiger partial charge on any atom is 0.169 e. The average Bonchev–Trinajstić information content (AvgIpc) is 2.92. The first-order valence-corrected chi connectivity index (χ1v) is 11.4. The van der Waals surface area contributed by atoms with Gasteiger partial charge in [-0.3, -0.25) is 9.78 Å². The zero-order valence-corrected chi connectivity index (χ0v) is 19.3. The molecule has 3 aromatic carbocycles. The summed E-state index contributed by atoms with van der Waals surface area (Å²) in [6.07, 6.45) is 3.52. The van der Waals surface area contributed by atoms with Gasteiger partial charge in [-0.05, 0) is 65.2 Å². The molecule has 2 heterocycles. The van der Waals surface area contributed by atoms with Crippen LogP contribution in [0.25, 0.3) is 0 Å². The van der Waals surface area contributed by atoms with Crippen molar-refractivity contribution in [3.8, 4) is 23.0 Å². The zero-order valence-electron chi connectivity index (χ0n) is 19.3. The Labute approximate surface area is 204 Å². The second-order valence-electron chi connectivity index (χ2n) is 8.16. The Morgan fingerprint density at radius 1 is 0.857 bits per heavy atom. The summed E-state index contributed by atoms with van der Waals surface area (Å²) in [6, 6.07) is 24.9. The van der Waals surface area contributed by atoms with E-state index in [2.05, 4.69) is 4.98 Å². The van der Waals surface area contributed by atoms with E-state index in [4.69, 9.17) is 18.9 Å². The standard InChI is InChI=1S/C29H25NO5/c1-32-23-6-2-20(3-7-23)19-34-24-8-4-21(5-9-24)29(22-12-15-30-16-13-22)35-25-10-11-26-27(31)14-17-33-28(26)18-25/h2-13,15-16,18,29H,14,17,19H2,1H3. The van der Waals surface area contributed by atoms with Crippen LogP contribution in [0.4, 0.5) is 0 Å². The highest BCUT2D eigenvalue weighted by Crippen LogP contribution is 2.34. The molecule has 0 N–H and O–H groups in total. The van der Waals surface area contributed by atoms with Gasteiger partial charge in [0.25, 0.3) is 0 Å². The lowest BCUT2D eigenvalue weighted by Crippen LogP contribution is -2.15. The molecule has 0 bridgehead atoms. The summed E-state index contributed by atoms with van der Waals surface area (Å²) < 4.78 is 23.2. The smallest absolute Gasteiger partial charge is 0.169 e. The van der Waals surface area contributed by atoms with Crippen LogP contribution in [0.5, 0.6) is 23.0 Å². The fraction of sp³-hybridized carbons (Fsp3) is 0.172. The number of ketones is 1. The minimum Gasteiger partial charge on any atom is -0.497 e. The molecule has 0 radical (unpaired) electrons. The predicted molar refractivity (Wildman–Crippen MR) is 131 cm³/mol. The number of nitrogens with zero attached hydrogens (tertiary/aromatic N) is 1.